The van der Waals surface area contributed by atoms with E-state index in [4.69, 9.17) is 0 Å². The van der Waals surface area contributed by atoms with Gasteiger partial charge in [0.05, 0.1) is 0 Å². The molecule has 0 aliphatic carbocycles. The van der Waals surface area contributed by atoms with Crippen molar-refractivity contribution in [2.75, 3.05) is 0 Å². The molecule has 0 aromatic carbocycles. The molecule has 21 heteroatoms. The van der Waals surface area contributed by atoms with Crippen LogP contribution in [0.4, 0.5) is 61.5 Å². The summed E-state index contributed by atoms with van der Waals surface area (Å²) < 4.78 is 172. The van der Waals surface area contributed by atoms with Gasteiger partial charge < -0.3 is 21.2 Å². The third-order valence-corrected chi connectivity index (χ3v) is 4.12. The Balaban J connectivity index is -0.000000196. The van der Waals surface area contributed by atoms with Gasteiger partial charge in [-0.2, -0.15) is 61.5 Å². The van der Waals surface area contributed by atoms with Crippen LogP contribution in [0.2, 0.25) is 0 Å². The minimum atomic E-state index is -6.61. The molecular formula is C20H24BaF14O6. The predicted octanol–water partition coefficient (Wildman–Crippen LogP) is 3.33. The van der Waals surface area contributed by atoms with Crippen molar-refractivity contribution < 1.29 is 92.2 Å². The van der Waals surface area contributed by atoms with Crippen LogP contribution >= 0.6 is 0 Å². The molecule has 0 rings (SSSR count). The standard InChI is InChI=1S/2C10H11F7O2.Ba.2H2O/c2*1-7(2,3)5(18)4-6(19)8(11,12)9(13,14)10(15,16)17;;;/h2*4,19H,1-3H3;;2*1H2/q;;+2;;/p-2/b2*6-4-;;;. The molecule has 41 heavy (non-hydrogen) atoms. The molecule has 0 aliphatic rings. The number of alkyl halides is 14. The number of hydrogen-bond donors (Lipinski definition) is 0. The molecule has 0 spiro atoms. The molecule has 0 atom stereocenters. The van der Waals surface area contributed by atoms with Gasteiger partial charge in [-0.3, -0.25) is 9.59 Å². The fourth-order valence-corrected chi connectivity index (χ4v) is 1.52. The van der Waals surface area contributed by atoms with E-state index >= 15 is 0 Å². The number of rotatable bonds is 6. The molecule has 0 amide bonds. The van der Waals surface area contributed by atoms with Crippen molar-refractivity contribution in [3.63, 3.8) is 0 Å². The van der Waals surface area contributed by atoms with Crippen molar-refractivity contribution in [1.82, 2.24) is 0 Å². The Morgan fingerprint density at radius 1 is 0.488 bits per heavy atom. The number of hydrogen-bond acceptors (Lipinski definition) is 4. The zero-order chi connectivity index (χ0) is 31.7. The molecule has 0 aromatic rings. The van der Waals surface area contributed by atoms with Crippen LogP contribution in [0.15, 0.2) is 23.7 Å². The first-order chi connectivity index (χ1) is 16.1. The first-order valence-corrected chi connectivity index (χ1v) is 9.62. The molecule has 0 saturated heterocycles. The predicted molar refractivity (Wildman–Crippen MR) is 110 cm³/mol. The molecule has 0 unspecified atom stereocenters. The molecule has 0 aliphatic heterocycles. The van der Waals surface area contributed by atoms with Crippen LogP contribution in [0.25, 0.3) is 0 Å². The Kier molecular flexibility index (Phi) is 18.3. The van der Waals surface area contributed by atoms with E-state index < -0.39 is 82.1 Å². The van der Waals surface area contributed by atoms with Crippen LogP contribution in [-0.4, -0.2) is 107 Å². The second-order valence-electron chi connectivity index (χ2n) is 9.54. The van der Waals surface area contributed by atoms with Crippen molar-refractivity contribution in [3.8, 4) is 0 Å². The molecule has 0 heterocycles. The number of allylic oxidation sites excluding steroid dienone is 4. The first-order valence-electron chi connectivity index (χ1n) is 9.62. The van der Waals surface area contributed by atoms with Crippen LogP contribution in [0.3, 0.4) is 0 Å². The van der Waals surface area contributed by atoms with Gasteiger partial charge in [0.15, 0.2) is 11.6 Å². The van der Waals surface area contributed by atoms with Gasteiger partial charge in [-0.25, -0.2) is 0 Å². The zero-order valence-corrected chi connectivity index (χ0v) is 26.2. The Labute approximate surface area is 263 Å². The van der Waals surface area contributed by atoms with Crippen LogP contribution in [0.1, 0.15) is 41.5 Å². The summed E-state index contributed by atoms with van der Waals surface area (Å²) in [5.41, 5.74) is -2.72. The summed E-state index contributed by atoms with van der Waals surface area (Å²) in [6.45, 7) is 7.08. The molecular weight excluding hydrogens is 740 g/mol. The first kappa shape index (κ1) is 49.6. The van der Waals surface area contributed by atoms with Gasteiger partial charge in [0.25, 0.3) is 0 Å². The summed E-state index contributed by atoms with van der Waals surface area (Å²) in [7, 11) is 0. The Bertz CT molecular complexity index is 864. The van der Waals surface area contributed by atoms with Gasteiger partial charge in [0.1, 0.15) is 0 Å². The van der Waals surface area contributed by atoms with Crippen LogP contribution in [0.5, 0.6) is 0 Å². The molecule has 0 aromatic heterocycles. The minimum Gasteiger partial charge on any atom is -0.871 e. The normalized spacial score (nSPS) is 14.4. The summed E-state index contributed by atoms with van der Waals surface area (Å²) in [6, 6.07) is 0. The summed E-state index contributed by atoms with van der Waals surface area (Å²) >= 11 is 0. The Morgan fingerprint density at radius 2 is 0.659 bits per heavy atom. The van der Waals surface area contributed by atoms with Gasteiger partial charge in [-0.15, -0.1) is 0 Å². The van der Waals surface area contributed by atoms with E-state index in [1.54, 1.807) is 0 Å². The third kappa shape index (κ3) is 11.9. The number of carbonyl (C=O) groups is 2. The second kappa shape index (κ2) is 15.1. The summed E-state index contributed by atoms with van der Waals surface area (Å²) in [6.07, 6.45) is -14.1. The molecule has 0 fully saturated rings. The largest absolute Gasteiger partial charge is 2.00 e. The van der Waals surface area contributed by atoms with E-state index in [1.165, 1.54) is 41.5 Å². The quantitative estimate of drug-likeness (QED) is 0.177. The van der Waals surface area contributed by atoms with Crippen LogP contribution in [-0.2, 0) is 9.59 Å². The maximum Gasteiger partial charge on any atom is 2.00 e. The van der Waals surface area contributed by atoms with Gasteiger partial charge in [-0.05, 0) is 12.2 Å². The topological polar surface area (TPSA) is 143 Å². The SMILES string of the molecule is CC(C)(C)C(=O)/C=C(\[O-])C(F)(F)C(F)(F)C(F)(F)F.CC(C)(C)C(=O)/C=C(\[O-])C(F)(F)C(F)(F)C(F)(F)F.O.O.[Ba+2]. The number of halogens is 14. The van der Waals surface area contributed by atoms with Crippen molar-refractivity contribution >= 4 is 60.4 Å². The molecule has 4 N–H and O–H groups in total. The summed E-state index contributed by atoms with van der Waals surface area (Å²) in [4.78, 5) is 22.3. The van der Waals surface area contributed by atoms with Crippen molar-refractivity contribution in [1.29, 1.82) is 0 Å². The van der Waals surface area contributed by atoms with E-state index in [2.05, 4.69) is 0 Å². The maximum absolute atomic E-state index is 12.8. The van der Waals surface area contributed by atoms with E-state index in [0.717, 1.165) is 0 Å². The molecule has 6 nitrogen and oxygen atoms in total. The van der Waals surface area contributed by atoms with Gasteiger partial charge in [-0.1, -0.05) is 53.1 Å². The fraction of sp³-hybridized carbons (Fsp3) is 0.700. The van der Waals surface area contributed by atoms with Crippen LogP contribution in [0, 0.1) is 10.8 Å². The van der Waals surface area contributed by atoms with E-state index in [-0.39, 0.29) is 59.8 Å². The van der Waals surface area contributed by atoms with Crippen molar-refractivity contribution in [2.45, 2.75) is 77.6 Å². The molecule has 0 bridgehead atoms. The molecule has 240 valence electrons. The van der Waals surface area contributed by atoms with Crippen molar-refractivity contribution in [3.05, 3.63) is 23.7 Å². The van der Waals surface area contributed by atoms with Gasteiger partial charge in [0.2, 0.25) is 0 Å². The molecule has 0 saturated carbocycles. The van der Waals surface area contributed by atoms with Gasteiger partial charge in [0, 0.05) is 10.8 Å². The fourth-order valence-electron chi connectivity index (χ4n) is 1.52. The number of ketones is 2. The zero-order valence-electron chi connectivity index (χ0n) is 21.8. The number of carbonyl (C=O) groups excluding carboxylic acids is 2. The van der Waals surface area contributed by atoms with Crippen LogP contribution < -0.4 is 10.2 Å². The van der Waals surface area contributed by atoms with E-state index in [1.807, 2.05) is 0 Å². The average molecular weight is 764 g/mol. The van der Waals surface area contributed by atoms with E-state index in [9.17, 15) is 81.3 Å². The molecule has 0 radical (unpaired) electrons. The monoisotopic (exact) mass is 764 g/mol. The summed E-state index contributed by atoms with van der Waals surface area (Å²) in [5, 5.41) is 21.6. The summed E-state index contributed by atoms with van der Waals surface area (Å²) in [5.74, 6) is -33.5. The Morgan fingerprint density at radius 3 is 0.780 bits per heavy atom. The average Bonchev–Trinajstić information content (AvgIpc) is 2.64. The van der Waals surface area contributed by atoms with Crippen molar-refractivity contribution in [2.24, 2.45) is 10.8 Å². The minimum absolute atomic E-state index is 0. The van der Waals surface area contributed by atoms with E-state index in [0.29, 0.717) is 0 Å². The second-order valence-corrected chi connectivity index (χ2v) is 9.54. The third-order valence-electron chi connectivity index (χ3n) is 4.12. The smallest absolute Gasteiger partial charge is 0.871 e. The maximum atomic E-state index is 12.8. The Hall–Kier alpha value is -1.07. The van der Waals surface area contributed by atoms with Gasteiger partial charge >= 0.3 is 84.9 Å².